The van der Waals surface area contributed by atoms with Gasteiger partial charge in [0.2, 0.25) is 5.54 Å². The fourth-order valence-corrected chi connectivity index (χ4v) is 2.33. The summed E-state index contributed by atoms with van der Waals surface area (Å²) >= 11 is 0. The Labute approximate surface area is 158 Å². The minimum absolute atomic E-state index is 0.0414. The Morgan fingerprint density at radius 1 is 1.15 bits per heavy atom. The highest BCUT2D eigenvalue weighted by atomic mass is 16.6. The number of hydrogen-bond acceptors (Lipinski definition) is 7. The quantitative estimate of drug-likeness (QED) is 0.430. The van der Waals surface area contributed by atoms with Gasteiger partial charge in [-0.05, 0) is 39.2 Å². The lowest BCUT2D eigenvalue weighted by Gasteiger charge is -2.29. The van der Waals surface area contributed by atoms with Crippen molar-refractivity contribution in [3.63, 3.8) is 0 Å². The van der Waals surface area contributed by atoms with E-state index in [0.717, 1.165) is 0 Å². The van der Waals surface area contributed by atoms with E-state index < -0.39 is 35.1 Å². The number of aliphatic carboxylic acids is 1. The maximum Gasteiger partial charge on any atom is 0.339 e. The highest BCUT2D eigenvalue weighted by Crippen LogP contribution is 2.17. The van der Waals surface area contributed by atoms with E-state index >= 15 is 0 Å². The van der Waals surface area contributed by atoms with Crippen LogP contribution in [0.15, 0.2) is 30.3 Å². The van der Waals surface area contributed by atoms with Gasteiger partial charge in [-0.3, -0.25) is 4.79 Å². The monoisotopic (exact) mass is 380 g/mol. The third-order valence-electron chi connectivity index (χ3n) is 3.81. The van der Waals surface area contributed by atoms with Crippen LogP contribution in [0.4, 0.5) is 0 Å². The number of hydrogen-bond donors (Lipinski definition) is 3. The summed E-state index contributed by atoms with van der Waals surface area (Å²) in [6, 6.07) is 7.56. The number of carbonyl (C=O) groups is 3. The molecule has 27 heavy (non-hydrogen) atoms. The topological polar surface area (TPSA) is 142 Å². The summed E-state index contributed by atoms with van der Waals surface area (Å²) in [6.45, 7) is 5.12. The Kier molecular flexibility index (Phi) is 7.93. The predicted octanol–water partition coefficient (Wildman–Crippen LogP) is 1.35. The fourth-order valence-electron chi connectivity index (χ4n) is 2.33. The molecule has 1 rings (SSSR count). The van der Waals surface area contributed by atoms with Gasteiger partial charge in [-0.15, -0.1) is 0 Å². The molecule has 0 aliphatic heterocycles. The van der Waals surface area contributed by atoms with Crippen molar-refractivity contribution in [1.29, 1.82) is 0 Å². The van der Waals surface area contributed by atoms with Crippen molar-refractivity contribution in [3.8, 4) is 0 Å². The zero-order valence-electron chi connectivity index (χ0n) is 15.9. The molecule has 150 valence electrons. The van der Waals surface area contributed by atoms with Gasteiger partial charge >= 0.3 is 17.9 Å². The Hall–Kier alpha value is -2.45. The number of carboxylic acid groups (broad SMARTS) is 1. The number of benzene rings is 1. The summed E-state index contributed by atoms with van der Waals surface area (Å²) in [5, 5.41) is 9.43. The number of carboxylic acids is 1. The highest BCUT2D eigenvalue weighted by Gasteiger charge is 2.49. The molecule has 8 nitrogen and oxygen atoms in total. The van der Waals surface area contributed by atoms with E-state index in [1.165, 1.54) is 0 Å². The molecule has 1 unspecified atom stereocenters. The molecule has 0 aromatic heterocycles. The summed E-state index contributed by atoms with van der Waals surface area (Å²) in [7, 11) is 0. The lowest BCUT2D eigenvalue weighted by Crippen LogP contribution is -2.66. The van der Waals surface area contributed by atoms with Crippen molar-refractivity contribution in [1.82, 2.24) is 0 Å². The van der Waals surface area contributed by atoms with Crippen LogP contribution in [-0.4, -0.2) is 40.2 Å². The third-order valence-corrected chi connectivity index (χ3v) is 3.81. The lowest BCUT2D eigenvalue weighted by atomic mass is 9.88. The van der Waals surface area contributed by atoms with Crippen molar-refractivity contribution in [2.24, 2.45) is 11.5 Å². The number of ether oxygens (including phenoxy) is 2. The number of carbonyl (C=O) groups excluding carboxylic acids is 2. The summed E-state index contributed by atoms with van der Waals surface area (Å²) in [5.74, 6) is -3.13. The Balaban J connectivity index is 2.64. The van der Waals surface area contributed by atoms with Crippen molar-refractivity contribution >= 4 is 17.9 Å². The molecule has 0 heterocycles. The van der Waals surface area contributed by atoms with Gasteiger partial charge in [0.1, 0.15) is 12.2 Å². The van der Waals surface area contributed by atoms with Gasteiger partial charge in [0.15, 0.2) is 0 Å². The third kappa shape index (κ3) is 6.99. The second kappa shape index (κ2) is 9.48. The van der Waals surface area contributed by atoms with E-state index in [9.17, 15) is 19.5 Å². The first-order chi connectivity index (χ1) is 12.5. The molecular formula is C19H28N2O6. The van der Waals surface area contributed by atoms with E-state index in [1.807, 2.05) is 0 Å². The molecule has 0 fully saturated rings. The predicted molar refractivity (Wildman–Crippen MR) is 98.5 cm³/mol. The minimum atomic E-state index is -2.40. The smallest absolute Gasteiger partial charge is 0.339 e. The summed E-state index contributed by atoms with van der Waals surface area (Å²) in [4.78, 5) is 35.6. The largest absolute Gasteiger partial charge is 0.479 e. The number of nitrogens with two attached hydrogens (primary N) is 2. The van der Waals surface area contributed by atoms with Crippen molar-refractivity contribution in [3.05, 3.63) is 35.9 Å². The molecule has 0 bridgehead atoms. The van der Waals surface area contributed by atoms with Gasteiger partial charge in [-0.1, -0.05) is 30.3 Å². The van der Waals surface area contributed by atoms with Gasteiger partial charge in [0.25, 0.3) is 0 Å². The molecule has 0 saturated heterocycles. The second-order valence-corrected chi connectivity index (χ2v) is 7.32. The zero-order chi connectivity index (χ0) is 20.7. The molecule has 0 radical (unpaired) electrons. The molecule has 0 amide bonds. The van der Waals surface area contributed by atoms with Crippen LogP contribution in [-0.2, 0) is 30.5 Å². The summed E-state index contributed by atoms with van der Waals surface area (Å²) in [6.07, 6.45) is 0.316. The fraction of sp³-hybridized carbons (Fsp3) is 0.526. The normalized spacial score (nSPS) is 14.7. The van der Waals surface area contributed by atoms with Crippen LogP contribution in [0.3, 0.4) is 0 Å². The van der Waals surface area contributed by atoms with E-state index in [2.05, 4.69) is 0 Å². The minimum Gasteiger partial charge on any atom is -0.479 e. The maximum absolute atomic E-state index is 12.3. The van der Waals surface area contributed by atoms with Crippen LogP contribution in [0, 0.1) is 0 Å². The molecule has 2 atom stereocenters. The molecule has 1 aromatic rings. The van der Waals surface area contributed by atoms with Crippen LogP contribution in [0.5, 0.6) is 0 Å². The Bertz CT molecular complexity index is 656. The molecule has 5 N–H and O–H groups in total. The van der Waals surface area contributed by atoms with Gasteiger partial charge in [-0.25, -0.2) is 9.59 Å². The maximum atomic E-state index is 12.3. The van der Waals surface area contributed by atoms with E-state index in [0.29, 0.717) is 5.56 Å². The Morgan fingerprint density at radius 2 is 1.74 bits per heavy atom. The van der Waals surface area contributed by atoms with E-state index in [1.54, 1.807) is 51.1 Å². The first-order valence-electron chi connectivity index (χ1n) is 8.67. The zero-order valence-corrected chi connectivity index (χ0v) is 15.9. The van der Waals surface area contributed by atoms with Gasteiger partial charge < -0.3 is 26.0 Å². The van der Waals surface area contributed by atoms with Crippen LogP contribution < -0.4 is 11.5 Å². The first kappa shape index (κ1) is 22.6. The van der Waals surface area contributed by atoms with E-state index in [-0.39, 0.29) is 25.9 Å². The standard InChI is InChI=1S/C19H28N2O6/c1-18(2,3)27-15(22)11-7-10-14(20)19(21,16(23)24)17(25)26-12-13-8-5-4-6-9-13/h4-6,8-9,14H,7,10-12,20-21H2,1-3H3,(H,23,24)/t14?,19-/m0/s1. The molecule has 1 aromatic carbocycles. The van der Waals surface area contributed by atoms with Crippen molar-refractivity contribution in [2.75, 3.05) is 0 Å². The molecule has 0 aliphatic rings. The van der Waals surface area contributed by atoms with Crippen molar-refractivity contribution in [2.45, 2.75) is 63.8 Å². The van der Waals surface area contributed by atoms with Gasteiger partial charge in [0.05, 0.1) is 0 Å². The average Bonchev–Trinajstić information content (AvgIpc) is 2.57. The van der Waals surface area contributed by atoms with Gasteiger partial charge in [0, 0.05) is 12.5 Å². The van der Waals surface area contributed by atoms with Crippen LogP contribution in [0.25, 0.3) is 0 Å². The number of rotatable bonds is 9. The molecular weight excluding hydrogens is 352 g/mol. The molecule has 0 aliphatic carbocycles. The van der Waals surface area contributed by atoms with Crippen LogP contribution >= 0.6 is 0 Å². The number of esters is 2. The Morgan fingerprint density at radius 3 is 2.26 bits per heavy atom. The molecule has 0 saturated carbocycles. The van der Waals surface area contributed by atoms with Crippen LogP contribution in [0.1, 0.15) is 45.6 Å². The second-order valence-electron chi connectivity index (χ2n) is 7.32. The lowest BCUT2D eigenvalue weighted by molar-refractivity contribution is -0.163. The highest BCUT2D eigenvalue weighted by molar-refractivity contribution is 6.04. The first-order valence-corrected chi connectivity index (χ1v) is 8.67. The van der Waals surface area contributed by atoms with E-state index in [4.69, 9.17) is 20.9 Å². The summed E-state index contributed by atoms with van der Waals surface area (Å²) < 4.78 is 10.2. The van der Waals surface area contributed by atoms with Crippen molar-refractivity contribution < 1.29 is 29.0 Å². The van der Waals surface area contributed by atoms with Gasteiger partial charge in [-0.2, -0.15) is 0 Å². The SMILES string of the molecule is CC(C)(C)OC(=O)CCCC(N)[C@](N)(C(=O)O)C(=O)OCc1ccccc1. The molecule has 0 spiro atoms. The molecule has 8 heteroatoms. The summed E-state index contributed by atoms with van der Waals surface area (Å²) in [5.41, 5.74) is 9.35. The van der Waals surface area contributed by atoms with Crippen LogP contribution in [0.2, 0.25) is 0 Å². The average molecular weight is 380 g/mol.